The van der Waals surface area contributed by atoms with Gasteiger partial charge in [-0.25, -0.2) is 9.67 Å². The van der Waals surface area contributed by atoms with Crippen LogP contribution in [0.5, 0.6) is 0 Å². The SMILES string of the molecule is CCN=C(NC1CCc2ncnn2C1)NC1CC(OCC)C12CCCC2. The number of hydrogen-bond donors (Lipinski definition) is 2. The van der Waals surface area contributed by atoms with Crippen LogP contribution in [0.1, 0.15) is 58.2 Å². The fraction of sp³-hybridized carbons (Fsp3) is 0.842. The average Bonchev–Trinajstić information content (AvgIpc) is 3.31. The molecular weight excluding hydrogens is 328 g/mol. The number of guanidine groups is 1. The molecule has 2 heterocycles. The molecule has 3 atom stereocenters. The summed E-state index contributed by atoms with van der Waals surface area (Å²) in [7, 11) is 0. The van der Waals surface area contributed by atoms with Gasteiger partial charge in [0, 0.05) is 37.1 Å². The molecule has 26 heavy (non-hydrogen) atoms. The lowest BCUT2D eigenvalue weighted by Gasteiger charge is -2.54. The standard InChI is InChI=1S/C19H32N6O/c1-3-20-18(23-14-7-8-17-21-13-22-25(17)12-14)24-15-11-16(26-4-2)19(15)9-5-6-10-19/h13-16H,3-12H2,1-2H3,(H2,20,23,24). The summed E-state index contributed by atoms with van der Waals surface area (Å²) in [6, 6.07) is 0.828. The van der Waals surface area contributed by atoms with Crippen LogP contribution in [0.4, 0.5) is 0 Å². The summed E-state index contributed by atoms with van der Waals surface area (Å²) in [5, 5.41) is 11.7. The quantitative estimate of drug-likeness (QED) is 0.619. The minimum absolute atomic E-state index is 0.317. The molecule has 2 N–H and O–H groups in total. The predicted octanol–water partition coefficient (Wildman–Crippen LogP) is 1.89. The van der Waals surface area contributed by atoms with Crippen molar-refractivity contribution in [1.82, 2.24) is 25.4 Å². The van der Waals surface area contributed by atoms with E-state index in [0.717, 1.165) is 50.7 Å². The first-order chi connectivity index (χ1) is 12.7. The maximum absolute atomic E-state index is 6.05. The lowest BCUT2D eigenvalue weighted by atomic mass is 9.60. The average molecular weight is 361 g/mol. The van der Waals surface area contributed by atoms with Crippen LogP contribution in [0.15, 0.2) is 11.3 Å². The van der Waals surface area contributed by atoms with Crippen LogP contribution >= 0.6 is 0 Å². The summed E-state index contributed by atoms with van der Waals surface area (Å²) in [4.78, 5) is 9.03. The molecule has 7 nitrogen and oxygen atoms in total. The third kappa shape index (κ3) is 3.21. The highest BCUT2D eigenvalue weighted by atomic mass is 16.5. The first-order valence-electron chi connectivity index (χ1n) is 10.3. The Balaban J connectivity index is 1.39. The van der Waals surface area contributed by atoms with Crippen molar-refractivity contribution < 1.29 is 4.74 Å². The van der Waals surface area contributed by atoms with Gasteiger partial charge in [-0.3, -0.25) is 4.99 Å². The van der Waals surface area contributed by atoms with E-state index in [0.29, 0.717) is 23.6 Å². The lowest BCUT2D eigenvalue weighted by molar-refractivity contribution is -0.125. The van der Waals surface area contributed by atoms with E-state index in [1.807, 2.05) is 4.68 Å². The van der Waals surface area contributed by atoms with Gasteiger partial charge in [-0.1, -0.05) is 12.8 Å². The molecule has 3 aliphatic rings. The molecular formula is C19H32N6O. The highest BCUT2D eigenvalue weighted by Crippen LogP contribution is 2.54. The van der Waals surface area contributed by atoms with Gasteiger partial charge in [0.15, 0.2) is 5.96 Å². The fourth-order valence-corrected chi connectivity index (χ4v) is 5.09. The molecule has 0 aromatic carbocycles. The zero-order valence-electron chi connectivity index (χ0n) is 16.1. The Hall–Kier alpha value is -1.63. The molecule has 144 valence electrons. The molecule has 1 aliphatic heterocycles. The van der Waals surface area contributed by atoms with Gasteiger partial charge in [0.2, 0.25) is 0 Å². The smallest absolute Gasteiger partial charge is 0.191 e. The molecule has 1 spiro atoms. The van der Waals surface area contributed by atoms with Gasteiger partial charge in [-0.2, -0.15) is 5.10 Å². The molecule has 1 aromatic rings. The summed E-state index contributed by atoms with van der Waals surface area (Å²) in [6.45, 7) is 6.66. The van der Waals surface area contributed by atoms with Gasteiger partial charge in [-0.15, -0.1) is 0 Å². The van der Waals surface area contributed by atoms with Crippen LogP contribution in [0.3, 0.4) is 0 Å². The monoisotopic (exact) mass is 360 g/mol. The second-order valence-electron chi connectivity index (χ2n) is 7.88. The van der Waals surface area contributed by atoms with Crippen LogP contribution in [0, 0.1) is 5.41 Å². The molecule has 0 radical (unpaired) electrons. The summed E-state index contributed by atoms with van der Waals surface area (Å²) < 4.78 is 8.06. The van der Waals surface area contributed by atoms with Crippen molar-refractivity contribution in [3.8, 4) is 0 Å². The Bertz CT molecular complexity index is 636. The van der Waals surface area contributed by atoms with E-state index in [9.17, 15) is 0 Å². The number of aromatic nitrogens is 3. The van der Waals surface area contributed by atoms with Crippen LogP contribution in [0.25, 0.3) is 0 Å². The summed E-state index contributed by atoms with van der Waals surface area (Å²) >= 11 is 0. The van der Waals surface area contributed by atoms with E-state index in [1.54, 1.807) is 6.33 Å². The third-order valence-electron chi connectivity index (χ3n) is 6.46. The minimum atomic E-state index is 0.317. The summed E-state index contributed by atoms with van der Waals surface area (Å²) in [6.07, 6.45) is 10.4. The van der Waals surface area contributed by atoms with Crippen molar-refractivity contribution in [3.05, 3.63) is 12.2 Å². The molecule has 2 fully saturated rings. The first-order valence-corrected chi connectivity index (χ1v) is 10.3. The molecule has 3 unspecified atom stereocenters. The van der Waals surface area contributed by atoms with Crippen molar-refractivity contribution in [2.45, 2.75) is 83.5 Å². The van der Waals surface area contributed by atoms with E-state index in [-0.39, 0.29) is 0 Å². The Labute approximate surface area is 156 Å². The van der Waals surface area contributed by atoms with E-state index in [4.69, 9.17) is 9.73 Å². The van der Waals surface area contributed by atoms with Gasteiger partial charge in [0.25, 0.3) is 0 Å². The van der Waals surface area contributed by atoms with Crippen LogP contribution in [-0.2, 0) is 17.7 Å². The van der Waals surface area contributed by atoms with Crippen molar-refractivity contribution >= 4 is 5.96 Å². The van der Waals surface area contributed by atoms with Gasteiger partial charge in [0.05, 0.1) is 12.6 Å². The Morgan fingerprint density at radius 2 is 2.19 bits per heavy atom. The Morgan fingerprint density at radius 3 is 2.96 bits per heavy atom. The zero-order valence-corrected chi connectivity index (χ0v) is 16.1. The number of ether oxygens (including phenoxy) is 1. The van der Waals surface area contributed by atoms with Crippen LogP contribution in [0.2, 0.25) is 0 Å². The summed E-state index contributed by atoms with van der Waals surface area (Å²) in [5.41, 5.74) is 0.317. The van der Waals surface area contributed by atoms with Crippen LogP contribution in [-0.4, -0.2) is 52.1 Å². The number of nitrogens with zero attached hydrogens (tertiary/aromatic N) is 4. The van der Waals surface area contributed by atoms with Crippen molar-refractivity contribution in [2.75, 3.05) is 13.2 Å². The van der Waals surface area contributed by atoms with Crippen molar-refractivity contribution in [3.63, 3.8) is 0 Å². The highest BCUT2D eigenvalue weighted by molar-refractivity contribution is 5.80. The van der Waals surface area contributed by atoms with E-state index in [1.165, 1.54) is 25.7 Å². The molecule has 0 bridgehead atoms. The zero-order chi connectivity index (χ0) is 18.0. The molecule has 0 saturated heterocycles. The molecule has 7 heteroatoms. The third-order valence-corrected chi connectivity index (χ3v) is 6.46. The van der Waals surface area contributed by atoms with E-state index < -0.39 is 0 Å². The largest absolute Gasteiger partial charge is 0.378 e. The second-order valence-corrected chi connectivity index (χ2v) is 7.88. The van der Waals surface area contributed by atoms with E-state index in [2.05, 4.69) is 34.6 Å². The normalized spacial score (nSPS) is 30.1. The van der Waals surface area contributed by atoms with E-state index >= 15 is 0 Å². The topological polar surface area (TPSA) is 76.4 Å². The molecule has 2 aliphatic carbocycles. The number of nitrogens with one attached hydrogen (secondary N) is 2. The molecule has 4 rings (SSSR count). The van der Waals surface area contributed by atoms with Crippen LogP contribution < -0.4 is 10.6 Å². The maximum Gasteiger partial charge on any atom is 0.191 e. The maximum atomic E-state index is 6.05. The van der Waals surface area contributed by atoms with Gasteiger partial charge in [0.1, 0.15) is 12.2 Å². The molecule has 0 amide bonds. The van der Waals surface area contributed by atoms with Gasteiger partial charge < -0.3 is 15.4 Å². The van der Waals surface area contributed by atoms with Gasteiger partial charge >= 0.3 is 0 Å². The van der Waals surface area contributed by atoms with Crippen molar-refractivity contribution in [2.24, 2.45) is 10.4 Å². The number of aliphatic imine (C=N–C) groups is 1. The Kier molecular flexibility index (Phi) is 5.16. The number of fused-ring (bicyclic) bond motifs is 1. The lowest BCUT2D eigenvalue weighted by Crippen LogP contribution is -2.65. The first kappa shape index (κ1) is 17.8. The predicted molar refractivity (Wildman–Crippen MR) is 101 cm³/mol. The second kappa shape index (κ2) is 7.55. The molecule has 2 saturated carbocycles. The van der Waals surface area contributed by atoms with Crippen molar-refractivity contribution in [1.29, 1.82) is 0 Å². The Morgan fingerprint density at radius 1 is 1.35 bits per heavy atom. The fourth-order valence-electron chi connectivity index (χ4n) is 5.09. The number of hydrogen-bond acceptors (Lipinski definition) is 4. The number of rotatable bonds is 5. The highest BCUT2D eigenvalue weighted by Gasteiger charge is 2.57. The van der Waals surface area contributed by atoms with Gasteiger partial charge in [-0.05, 0) is 39.5 Å². The molecule has 1 aromatic heterocycles. The number of aryl methyl sites for hydroxylation is 1. The summed E-state index contributed by atoms with van der Waals surface area (Å²) in [5.74, 6) is 2.04. The minimum Gasteiger partial charge on any atom is -0.378 e.